The number of carboxylic acid groups (broad SMARTS) is 2. The predicted octanol–water partition coefficient (Wildman–Crippen LogP) is 3.52. The summed E-state index contributed by atoms with van der Waals surface area (Å²) in [4.78, 5) is 99.7. The summed E-state index contributed by atoms with van der Waals surface area (Å²) in [7, 11) is 0. The van der Waals surface area contributed by atoms with Gasteiger partial charge >= 0.3 is 47.8 Å². The summed E-state index contributed by atoms with van der Waals surface area (Å²) in [6, 6.07) is 0. The molecule has 0 radical (unpaired) electrons. The molecule has 0 aromatic heterocycles. The SMILES string of the molecule is C=C(C)C(=O)OCC(COC(=O)C(=C)C)OC(=O)C1CCC(C2CCC(C(=O)O)C(C(=O)OC(COC(=O)C(=C)C)COC(=O)C(=C)C)C2)CC1C(=O)O. The molecule has 6 atom stereocenters. The van der Waals surface area contributed by atoms with Gasteiger partial charge in [-0.25, -0.2) is 19.2 Å². The number of aliphatic carboxylic acids is 2. The van der Waals surface area contributed by atoms with Crippen LogP contribution in [0.25, 0.3) is 0 Å². The molecular weight excluding hydrogens is 712 g/mol. The van der Waals surface area contributed by atoms with Gasteiger partial charge in [-0.1, -0.05) is 26.3 Å². The van der Waals surface area contributed by atoms with Crippen LogP contribution in [0.5, 0.6) is 0 Å². The molecule has 0 saturated heterocycles. The van der Waals surface area contributed by atoms with Gasteiger partial charge in [0, 0.05) is 22.3 Å². The quantitative estimate of drug-likeness (QED) is 0.109. The van der Waals surface area contributed by atoms with Crippen LogP contribution in [0.15, 0.2) is 48.6 Å². The number of rotatable bonds is 19. The van der Waals surface area contributed by atoms with Crippen LogP contribution in [0.4, 0.5) is 0 Å². The summed E-state index contributed by atoms with van der Waals surface area (Å²) in [6.07, 6.45) is -1.67. The fourth-order valence-electron chi connectivity index (χ4n) is 6.28. The van der Waals surface area contributed by atoms with Gasteiger partial charge in [0.2, 0.25) is 0 Å². The van der Waals surface area contributed by atoms with E-state index in [0.29, 0.717) is 12.8 Å². The average Bonchev–Trinajstić information content (AvgIpc) is 3.11. The van der Waals surface area contributed by atoms with E-state index in [1.54, 1.807) is 0 Å². The Kier molecular flexibility index (Phi) is 17.3. The third kappa shape index (κ3) is 13.6. The zero-order valence-electron chi connectivity index (χ0n) is 31.1. The van der Waals surface area contributed by atoms with Crippen molar-refractivity contribution in [1.82, 2.24) is 0 Å². The number of ether oxygens (including phenoxy) is 6. The molecule has 6 unspecified atom stereocenters. The molecule has 2 rings (SSSR count). The molecule has 0 spiro atoms. The summed E-state index contributed by atoms with van der Waals surface area (Å²) < 4.78 is 31.5. The van der Waals surface area contributed by atoms with E-state index in [1.807, 2.05) is 0 Å². The Morgan fingerprint density at radius 2 is 0.778 bits per heavy atom. The van der Waals surface area contributed by atoms with Gasteiger partial charge in [0.05, 0.1) is 23.7 Å². The van der Waals surface area contributed by atoms with E-state index in [1.165, 1.54) is 27.7 Å². The van der Waals surface area contributed by atoms with Crippen LogP contribution < -0.4 is 0 Å². The highest BCUT2D eigenvalue weighted by atomic mass is 16.6. The van der Waals surface area contributed by atoms with E-state index >= 15 is 0 Å². The van der Waals surface area contributed by atoms with Crippen LogP contribution in [0, 0.1) is 35.5 Å². The van der Waals surface area contributed by atoms with Crippen molar-refractivity contribution in [3.63, 3.8) is 0 Å². The monoisotopic (exact) mass is 762 g/mol. The first-order valence-electron chi connectivity index (χ1n) is 17.4. The second kappa shape index (κ2) is 20.8. The van der Waals surface area contributed by atoms with Crippen LogP contribution in [0.2, 0.25) is 0 Å². The van der Waals surface area contributed by atoms with E-state index in [0.717, 1.165) is 0 Å². The lowest BCUT2D eigenvalue weighted by Crippen LogP contribution is -2.44. The zero-order valence-corrected chi connectivity index (χ0v) is 31.1. The average molecular weight is 763 g/mol. The number of carbonyl (C=O) groups is 8. The van der Waals surface area contributed by atoms with Crippen molar-refractivity contribution in [2.45, 2.75) is 78.4 Å². The largest absolute Gasteiger partial charge is 0.481 e. The Bertz CT molecular complexity index is 1460. The Labute approximate surface area is 313 Å². The van der Waals surface area contributed by atoms with Crippen molar-refractivity contribution in [2.24, 2.45) is 35.5 Å². The molecule has 298 valence electrons. The first kappa shape index (κ1) is 44.9. The van der Waals surface area contributed by atoms with Crippen LogP contribution in [0.3, 0.4) is 0 Å². The molecule has 0 aliphatic heterocycles. The molecule has 2 N–H and O–H groups in total. The summed E-state index contributed by atoms with van der Waals surface area (Å²) in [5.74, 6) is -12.8. The van der Waals surface area contributed by atoms with Gasteiger partial charge < -0.3 is 38.6 Å². The molecule has 16 nitrogen and oxygen atoms in total. The fraction of sp³-hybridized carbons (Fsp3) is 0.579. The first-order chi connectivity index (χ1) is 25.2. The summed E-state index contributed by atoms with van der Waals surface area (Å²) in [5, 5.41) is 20.2. The first-order valence-corrected chi connectivity index (χ1v) is 17.4. The second-order valence-electron chi connectivity index (χ2n) is 13.9. The lowest BCUT2D eigenvalue weighted by Gasteiger charge is -2.41. The van der Waals surface area contributed by atoms with Crippen molar-refractivity contribution in [3.05, 3.63) is 48.6 Å². The molecule has 54 heavy (non-hydrogen) atoms. The van der Waals surface area contributed by atoms with Crippen molar-refractivity contribution in [1.29, 1.82) is 0 Å². The minimum atomic E-state index is -1.28. The third-order valence-electron chi connectivity index (χ3n) is 9.25. The molecule has 16 heteroatoms. The minimum absolute atomic E-state index is 0.00949. The van der Waals surface area contributed by atoms with E-state index in [-0.39, 0.29) is 59.8 Å². The molecule has 2 saturated carbocycles. The van der Waals surface area contributed by atoms with E-state index in [9.17, 15) is 48.6 Å². The molecule has 2 fully saturated rings. The van der Waals surface area contributed by atoms with Crippen LogP contribution >= 0.6 is 0 Å². The fourth-order valence-corrected chi connectivity index (χ4v) is 6.28. The lowest BCUT2D eigenvalue weighted by atomic mass is 9.63. The van der Waals surface area contributed by atoms with Crippen molar-refractivity contribution in [2.75, 3.05) is 26.4 Å². The topological polar surface area (TPSA) is 232 Å². The molecule has 2 aliphatic carbocycles. The van der Waals surface area contributed by atoms with E-state index < -0.39 is 110 Å². The predicted molar refractivity (Wildman–Crippen MR) is 187 cm³/mol. The standard InChI is InChI=1S/C38H50O16/c1-19(2)33(43)49-15-25(16-50-34(44)20(3)4)53-37(47)28-12-10-23(13-29(28)32(41)42)24-9-11-27(31(39)40)30(14-24)38(48)54-26(17-51-35(45)21(5)6)18-52-36(46)22(7)8/h23-30H,1,3,5,7,9-18H2,2,4,6,8H3,(H,39,40)(H,41,42). The Balaban J connectivity index is 2.21. The summed E-state index contributed by atoms with van der Waals surface area (Å²) in [6.45, 7) is 17.5. The van der Waals surface area contributed by atoms with Crippen molar-refractivity contribution in [3.8, 4) is 0 Å². The number of carboxylic acids is 2. The number of hydrogen-bond acceptors (Lipinski definition) is 14. The maximum absolute atomic E-state index is 13.6. The van der Waals surface area contributed by atoms with E-state index in [4.69, 9.17) is 28.4 Å². The second-order valence-corrected chi connectivity index (χ2v) is 13.9. The van der Waals surface area contributed by atoms with Gasteiger partial charge in [-0.15, -0.1) is 0 Å². The van der Waals surface area contributed by atoms with Gasteiger partial charge in [-0.05, 0) is 78.1 Å². The Hall–Kier alpha value is -5.28. The molecule has 0 bridgehead atoms. The number of esters is 6. The normalized spacial score (nSPS) is 22.2. The highest BCUT2D eigenvalue weighted by Gasteiger charge is 2.47. The zero-order chi connectivity index (χ0) is 40.9. The number of hydrogen-bond donors (Lipinski definition) is 2. The molecule has 0 heterocycles. The van der Waals surface area contributed by atoms with Gasteiger partial charge in [0.25, 0.3) is 0 Å². The number of carbonyl (C=O) groups excluding carboxylic acids is 6. The van der Waals surface area contributed by atoms with Gasteiger partial charge in [-0.2, -0.15) is 0 Å². The summed E-state index contributed by atoms with van der Waals surface area (Å²) >= 11 is 0. The van der Waals surface area contributed by atoms with Crippen LogP contribution in [-0.4, -0.2) is 96.6 Å². The van der Waals surface area contributed by atoms with E-state index in [2.05, 4.69) is 26.3 Å². The molecule has 0 amide bonds. The summed E-state index contributed by atoms with van der Waals surface area (Å²) in [5.41, 5.74) is 0.278. The van der Waals surface area contributed by atoms with Crippen molar-refractivity contribution < 1.29 is 77.0 Å². The van der Waals surface area contributed by atoms with Crippen LogP contribution in [-0.2, 0) is 66.8 Å². The van der Waals surface area contributed by atoms with Gasteiger partial charge in [-0.3, -0.25) is 19.2 Å². The van der Waals surface area contributed by atoms with Crippen molar-refractivity contribution >= 4 is 47.8 Å². The molecule has 2 aliphatic rings. The highest BCUT2D eigenvalue weighted by molar-refractivity contribution is 5.88. The lowest BCUT2D eigenvalue weighted by molar-refractivity contribution is -0.175. The molecule has 0 aromatic carbocycles. The molecular formula is C38H50O16. The molecule has 0 aromatic rings. The smallest absolute Gasteiger partial charge is 0.333 e. The Morgan fingerprint density at radius 3 is 1.09 bits per heavy atom. The minimum Gasteiger partial charge on any atom is -0.481 e. The van der Waals surface area contributed by atoms with Crippen LogP contribution in [0.1, 0.15) is 66.2 Å². The highest BCUT2D eigenvalue weighted by Crippen LogP contribution is 2.46. The maximum Gasteiger partial charge on any atom is 0.333 e. The maximum atomic E-state index is 13.6. The third-order valence-corrected chi connectivity index (χ3v) is 9.25. The Morgan fingerprint density at radius 1 is 0.481 bits per heavy atom. The van der Waals surface area contributed by atoms with Gasteiger partial charge in [0.15, 0.2) is 12.2 Å². The van der Waals surface area contributed by atoms with Gasteiger partial charge in [0.1, 0.15) is 26.4 Å².